The first-order valence-corrected chi connectivity index (χ1v) is 11.6. The Labute approximate surface area is 171 Å². The van der Waals surface area contributed by atoms with Crippen LogP contribution in [0.15, 0.2) is 4.34 Å². The van der Waals surface area contributed by atoms with Crippen LogP contribution < -0.4 is 10.2 Å². The minimum Gasteiger partial charge on any atom is -0.352 e. The van der Waals surface area contributed by atoms with Gasteiger partial charge in [0.25, 0.3) is 5.91 Å². The van der Waals surface area contributed by atoms with Gasteiger partial charge < -0.3 is 15.2 Å². The van der Waals surface area contributed by atoms with Gasteiger partial charge >= 0.3 is 0 Å². The van der Waals surface area contributed by atoms with Crippen molar-refractivity contribution in [3.8, 4) is 0 Å². The van der Waals surface area contributed by atoms with Crippen LogP contribution in [-0.4, -0.2) is 54.4 Å². The van der Waals surface area contributed by atoms with E-state index in [-0.39, 0.29) is 32.8 Å². The highest BCUT2D eigenvalue weighted by molar-refractivity contribution is 7.93. The summed E-state index contributed by atoms with van der Waals surface area (Å²) in [6.07, 6.45) is 1.40. The Bertz CT molecular complexity index is 949. The number of carbonyl (C=O) groups excluding carboxylic acids is 1. The quantitative estimate of drug-likeness (QED) is 0.722. The van der Waals surface area contributed by atoms with Crippen LogP contribution in [0.3, 0.4) is 0 Å². The molecule has 12 heteroatoms. The summed E-state index contributed by atoms with van der Waals surface area (Å²) >= 11 is 13.2. The molecule has 0 unspecified atom stereocenters. The van der Waals surface area contributed by atoms with E-state index < -0.39 is 9.84 Å². The molecule has 3 rings (SSSR count). The van der Waals surface area contributed by atoms with E-state index >= 15 is 0 Å². The number of hydrogen-bond acceptors (Lipinski definition) is 7. The number of aromatic nitrogens is 3. The number of aryl methyl sites for hydroxylation is 1. The monoisotopic (exact) mass is 451 g/mol. The number of nitrogens with zero attached hydrogens (tertiary/aromatic N) is 3. The van der Waals surface area contributed by atoms with Crippen LogP contribution in [-0.2, 0) is 9.84 Å². The third kappa shape index (κ3) is 4.23. The summed E-state index contributed by atoms with van der Waals surface area (Å²) in [7, 11) is -3.34. The minimum atomic E-state index is -3.34. The van der Waals surface area contributed by atoms with Crippen molar-refractivity contribution in [1.29, 1.82) is 0 Å². The molecule has 2 aromatic rings. The van der Waals surface area contributed by atoms with E-state index in [1.54, 1.807) is 13.8 Å². The first-order chi connectivity index (χ1) is 12.7. The first kappa shape index (κ1) is 20.4. The third-order valence-electron chi connectivity index (χ3n) is 4.42. The largest absolute Gasteiger partial charge is 0.352 e. The minimum absolute atomic E-state index is 0.000529. The molecule has 0 saturated carbocycles. The van der Waals surface area contributed by atoms with Crippen LogP contribution in [0.4, 0.5) is 5.13 Å². The van der Waals surface area contributed by atoms with E-state index in [1.807, 2.05) is 4.90 Å². The van der Waals surface area contributed by atoms with Crippen LogP contribution in [0.25, 0.3) is 0 Å². The van der Waals surface area contributed by atoms with Crippen molar-refractivity contribution in [1.82, 2.24) is 20.5 Å². The number of H-pyrrole nitrogens is 1. The van der Waals surface area contributed by atoms with Gasteiger partial charge in [-0.2, -0.15) is 0 Å². The summed E-state index contributed by atoms with van der Waals surface area (Å²) in [5, 5.41) is 11.9. The van der Waals surface area contributed by atoms with E-state index in [0.717, 1.165) is 11.3 Å². The maximum absolute atomic E-state index is 12.4. The lowest BCUT2D eigenvalue weighted by atomic mass is 10.1. The summed E-state index contributed by atoms with van der Waals surface area (Å²) in [5.41, 5.74) is 0.913. The van der Waals surface area contributed by atoms with Gasteiger partial charge in [-0.05, 0) is 19.8 Å². The summed E-state index contributed by atoms with van der Waals surface area (Å²) in [4.78, 5) is 17.3. The molecule has 2 N–H and O–H groups in total. The second-order valence-electron chi connectivity index (χ2n) is 6.24. The molecule has 0 aromatic carbocycles. The summed E-state index contributed by atoms with van der Waals surface area (Å²) in [6.45, 7) is 4.61. The highest BCUT2D eigenvalue weighted by Gasteiger charge is 2.27. The number of amides is 1. The topological polar surface area (TPSA) is 108 Å². The van der Waals surface area contributed by atoms with Gasteiger partial charge in [-0.15, -0.1) is 10.2 Å². The van der Waals surface area contributed by atoms with Gasteiger partial charge in [-0.1, -0.05) is 41.5 Å². The molecule has 0 bridgehead atoms. The number of halogens is 2. The molecule has 148 valence electrons. The van der Waals surface area contributed by atoms with Crippen molar-refractivity contribution in [2.75, 3.05) is 23.7 Å². The van der Waals surface area contributed by atoms with Crippen molar-refractivity contribution in [2.45, 2.75) is 37.1 Å². The number of aromatic amines is 1. The summed E-state index contributed by atoms with van der Waals surface area (Å²) < 4.78 is 23.8. The summed E-state index contributed by atoms with van der Waals surface area (Å²) in [5.74, 6) is -0.290. The zero-order valence-electron chi connectivity index (χ0n) is 14.8. The van der Waals surface area contributed by atoms with Crippen LogP contribution in [0.2, 0.25) is 10.0 Å². The Balaban J connectivity index is 1.59. The maximum atomic E-state index is 12.4. The average molecular weight is 452 g/mol. The Morgan fingerprint density at radius 3 is 2.52 bits per heavy atom. The molecular formula is C15H19Cl2N5O3S2. The van der Waals surface area contributed by atoms with Crippen molar-refractivity contribution < 1.29 is 13.2 Å². The molecule has 0 atom stereocenters. The highest BCUT2D eigenvalue weighted by atomic mass is 35.5. The second kappa shape index (κ2) is 7.94. The maximum Gasteiger partial charge on any atom is 0.269 e. The van der Waals surface area contributed by atoms with Gasteiger partial charge in [0.15, 0.2) is 0 Å². The zero-order valence-corrected chi connectivity index (χ0v) is 17.9. The molecule has 27 heavy (non-hydrogen) atoms. The fourth-order valence-electron chi connectivity index (χ4n) is 2.78. The Hall–Kier alpha value is -1.36. The molecule has 0 radical (unpaired) electrons. The second-order valence-corrected chi connectivity index (χ2v) is 10.4. The molecule has 0 spiro atoms. The van der Waals surface area contributed by atoms with Crippen molar-refractivity contribution in [2.24, 2.45) is 0 Å². The van der Waals surface area contributed by atoms with Gasteiger partial charge in [0.1, 0.15) is 5.69 Å². The molecule has 3 heterocycles. The van der Waals surface area contributed by atoms with Gasteiger partial charge in [0.05, 0.1) is 15.8 Å². The molecule has 1 aliphatic heterocycles. The van der Waals surface area contributed by atoms with E-state index in [4.69, 9.17) is 23.2 Å². The fraction of sp³-hybridized carbons (Fsp3) is 0.533. The lowest BCUT2D eigenvalue weighted by molar-refractivity contribution is 0.0926. The van der Waals surface area contributed by atoms with Crippen molar-refractivity contribution in [3.63, 3.8) is 0 Å². The number of piperidine rings is 1. The molecule has 1 fully saturated rings. The number of sulfone groups is 1. The number of anilines is 1. The number of rotatable bonds is 5. The predicted molar refractivity (Wildman–Crippen MR) is 106 cm³/mol. The van der Waals surface area contributed by atoms with Gasteiger partial charge in [-0.25, -0.2) is 8.42 Å². The third-order valence-corrected chi connectivity index (χ3v) is 8.54. The van der Waals surface area contributed by atoms with Crippen molar-refractivity contribution in [3.05, 3.63) is 21.4 Å². The lowest BCUT2D eigenvalue weighted by Crippen LogP contribution is -2.44. The van der Waals surface area contributed by atoms with E-state index in [0.29, 0.717) is 41.8 Å². The van der Waals surface area contributed by atoms with Gasteiger partial charge in [-0.3, -0.25) is 4.79 Å². The molecular weight excluding hydrogens is 433 g/mol. The average Bonchev–Trinajstić information content (AvgIpc) is 3.24. The molecule has 1 aliphatic rings. The number of carbonyl (C=O) groups is 1. The van der Waals surface area contributed by atoms with Gasteiger partial charge in [0.2, 0.25) is 19.3 Å². The van der Waals surface area contributed by atoms with Crippen LogP contribution in [0.5, 0.6) is 0 Å². The van der Waals surface area contributed by atoms with Crippen molar-refractivity contribution >= 4 is 55.4 Å². The normalized spacial score (nSPS) is 15.9. The lowest BCUT2D eigenvalue weighted by Gasteiger charge is -2.31. The molecule has 2 aromatic heterocycles. The standard InChI is InChI=1S/C15H19Cl2N5O3S2/c1-3-27(24,25)15-21-20-14(26-15)22-6-4-9(5-7-22)19-13(23)12-11(17)10(16)8(2)18-12/h9,18H,3-7H2,1-2H3,(H,19,23). The van der Waals surface area contributed by atoms with Crippen LogP contribution >= 0.6 is 34.5 Å². The van der Waals surface area contributed by atoms with E-state index in [1.165, 1.54) is 0 Å². The Morgan fingerprint density at radius 2 is 1.96 bits per heavy atom. The zero-order chi connectivity index (χ0) is 19.8. The van der Waals surface area contributed by atoms with Crippen LogP contribution in [0, 0.1) is 6.92 Å². The SMILES string of the molecule is CCS(=O)(=O)c1nnc(N2CCC(NC(=O)c3[nH]c(C)c(Cl)c3Cl)CC2)s1. The van der Waals surface area contributed by atoms with E-state index in [9.17, 15) is 13.2 Å². The van der Waals surface area contributed by atoms with Gasteiger partial charge in [0, 0.05) is 24.8 Å². The van der Waals surface area contributed by atoms with E-state index in [2.05, 4.69) is 20.5 Å². The fourth-order valence-corrected chi connectivity index (χ4v) is 5.33. The molecule has 1 amide bonds. The molecule has 8 nitrogen and oxygen atoms in total. The smallest absolute Gasteiger partial charge is 0.269 e. The highest BCUT2D eigenvalue weighted by Crippen LogP contribution is 2.30. The predicted octanol–water partition coefficient (Wildman–Crippen LogP) is 2.67. The molecule has 0 aliphatic carbocycles. The number of nitrogens with one attached hydrogen (secondary N) is 2. The van der Waals surface area contributed by atoms with Crippen LogP contribution in [0.1, 0.15) is 35.9 Å². The molecule has 1 saturated heterocycles. The Kier molecular flexibility index (Phi) is 5.99. The Morgan fingerprint density at radius 1 is 1.30 bits per heavy atom. The summed E-state index contributed by atoms with van der Waals surface area (Å²) in [6, 6.07) is -0.0148. The first-order valence-electron chi connectivity index (χ1n) is 8.38. The number of hydrogen-bond donors (Lipinski definition) is 2.